The van der Waals surface area contributed by atoms with Crippen LogP contribution in [0.25, 0.3) is 6.08 Å². The largest absolute Gasteiger partial charge is 0.489 e. The lowest BCUT2D eigenvalue weighted by Crippen LogP contribution is -2.46. The van der Waals surface area contributed by atoms with Crippen molar-refractivity contribution in [1.82, 2.24) is 9.80 Å². The summed E-state index contributed by atoms with van der Waals surface area (Å²) in [6.07, 6.45) is 1.61. The highest BCUT2D eigenvalue weighted by atomic mass is 32.2. The molecule has 10 heteroatoms. The number of benzene rings is 2. The summed E-state index contributed by atoms with van der Waals surface area (Å²) in [6, 6.07) is 13.4. The number of rotatable bonds is 7. The van der Waals surface area contributed by atoms with Gasteiger partial charge in [-0.05, 0) is 53.2 Å². The van der Waals surface area contributed by atoms with E-state index in [1.54, 1.807) is 47.4 Å². The lowest BCUT2D eigenvalue weighted by Gasteiger charge is -2.28. The highest BCUT2D eigenvalue weighted by Crippen LogP contribution is 2.32. The molecule has 9 nitrogen and oxygen atoms in total. The van der Waals surface area contributed by atoms with E-state index in [1.807, 2.05) is 0 Å². The van der Waals surface area contributed by atoms with Gasteiger partial charge in [0.15, 0.2) is 0 Å². The Hall–Kier alpha value is -3.63. The van der Waals surface area contributed by atoms with Gasteiger partial charge in [0.1, 0.15) is 18.9 Å². The summed E-state index contributed by atoms with van der Waals surface area (Å²) in [5.74, 6) is -1.14. The third kappa shape index (κ3) is 5.64. The normalized spacial score (nSPS) is 17.4. The Kier molecular flexibility index (Phi) is 7.29. The molecule has 0 aliphatic carbocycles. The highest BCUT2D eigenvalue weighted by Gasteiger charge is 2.37. The number of hydrogen-bond acceptors (Lipinski definition) is 7. The maximum Gasteiger partial charge on any atom is 0.335 e. The van der Waals surface area contributed by atoms with E-state index >= 15 is 0 Å². The number of imide groups is 1. The molecule has 0 aromatic heterocycles. The molecular formula is C24H22N2O7S. The molecule has 0 atom stereocenters. The van der Waals surface area contributed by atoms with Crippen LogP contribution in [0.15, 0.2) is 53.4 Å². The summed E-state index contributed by atoms with van der Waals surface area (Å²) in [4.78, 5) is 51.2. The van der Waals surface area contributed by atoms with E-state index in [2.05, 4.69) is 0 Å². The minimum atomic E-state index is -0.982. The van der Waals surface area contributed by atoms with Crippen molar-refractivity contribution < 1.29 is 33.8 Å². The van der Waals surface area contributed by atoms with Crippen LogP contribution in [-0.4, -0.2) is 70.8 Å². The topological polar surface area (TPSA) is 113 Å². The summed E-state index contributed by atoms with van der Waals surface area (Å²) in [5.41, 5.74) is 1.75. The van der Waals surface area contributed by atoms with Crippen molar-refractivity contribution >= 4 is 40.9 Å². The molecule has 1 N–H and O–H groups in total. The SMILES string of the molecule is O=C(O)c1ccc(COc2ccc(/C=C3/SC(=O)N(CC(=O)N4CCOCC4)C3=O)cc2)cc1. The number of carbonyl (C=O) groups excluding carboxylic acids is 3. The van der Waals surface area contributed by atoms with Crippen LogP contribution in [0.4, 0.5) is 4.79 Å². The quantitative estimate of drug-likeness (QED) is 0.600. The van der Waals surface area contributed by atoms with Gasteiger partial charge in [0.2, 0.25) is 5.91 Å². The van der Waals surface area contributed by atoms with Crippen LogP contribution in [0.2, 0.25) is 0 Å². The average molecular weight is 483 g/mol. The Morgan fingerprint density at radius 2 is 1.71 bits per heavy atom. The van der Waals surface area contributed by atoms with E-state index in [-0.39, 0.29) is 29.5 Å². The lowest BCUT2D eigenvalue weighted by molar-refractivity contribution is -0.139. The Morgan fingerprint density at radius 1 is 1.03 bits per heavy atom. The molecule has 0 unspecified atom stereocenters. The Balaban J connectivity index is 1.34. The van der Waals surface area contributed by atoms with Crippen molar-refractivity contribution in [2.45, 2.75) is 6.61 Å². The summed E-state index contributed by atoms with van der Waals surface area (Å²) in [6.45, 7) is 1.80. The monoisotopic (exact) mass is 482 g/mol. The molecule has 2 aromatic rings. The number of ether oxygens (including phenoxy) is 2. The van der Waals surface area contributed by atoms with E-state index in [0.29, 0.717) is 37.6 Å². The van der Waals surface area contributed by atoms with E-state index in [9.17, 15) is 19.2 Å². The van der Waals surface area contributed by atoms with Crippen molar-refractivity contribution in [2.24, 2.45) is 0 Å². The number of nitrogens with zero attached hydrogens (tertiary/aromatic N) is 2. The van der Waals surface area contributed by atoms with Gasteiger partial charge in [-0.3, -0.25) is 19.3 Å². The number of hydrogen-bond donors (Lipinski definition) is 1. The predicted octanol–water partition coefficient (Wildman–Crippen LogP) is 2.86. The van der Waals surface area contributed by atoms with Crippen LogP contribution in [0.1, 0.15) is 21.5 Å². The van der Waals surface area contributed by atoms with Crippen LogP contribution < -0.4 is 4.74 Å². The summed E-state index contributed by atoms with van der Waals surface area (Å²) >= 11 is 0.810. The summed E-state index contributed by atoms with van der Waals surface area (Å²) in [7, 11) is 0. The molecule has 2 fully saturated rings. The van der Waals surface area contributed by atoms with Crippen LogP contribution in [0.3, 0.4) is 0 Å². The summed E-state index contributed by atoms with van der Waals surface area (Å²) < 4.78 is 10.9. The zero-order valence-corrected chi connectivity index (χ0v) is 19.0. The molecule has 2 saturated heterocycles. The fourth-order valence-corrected chi connectivity index (χ4v) is 4.24. The van der Waals surface area contributed by atoms with Gasteiger partial charge in [-0.15, -0.1) is 0 Å². The third-order valence-electron chi connectivity index (χ3n) is 5.32. The van der Waals surface area contributed by atoms with E-state index < -0.39 is 17.1 Å². The Labute approximate surface area is 199 Å². The first-order chi connectivity index (χ1) is 16.4. The molecule has 0 bridgehead atoms. The number of amides is 3. The smallest absolute Gasteiger partial charge is 0.335 e. The molecule has 0 radical (unpaired) electrons. The molecule has 34 heavy (non-hydrogen) atoms. The van der Waals surface area contributed by atoms with Gasteiger partial charge < -0.3 is 19.5 Å². The number of carbonyl (C=O) groups is 4. The fraction of sp³-hybridized carbons (Fsp3) is 0.250. The first-order valence-corrected chi connectivity index (χ1v) is 11.4. The molecule has 3 amide bonds. The lowest BCUT2D eigenvalue weighted by atomic mass is 10.1. The van der Waals surface area contributed by atoms with Gasteiger partial charge >= 0.3 is 5.97 Å². The van der Waals surface area contributed by atoms with Crippen LogP contribution in [-0.2, 0) is 20.9 Å². The van der Waals surface area contributed by atoms with Crippen molar-refractivity contribution in [3.63, 3.8) is 0 Å². The van der Waals surface area contributed by atoms with Gasteiger partial charge in [0.25, 0.3) is 11.1 Å². The second-order valence-electron chi connectivity index (χ2n) is 7.62. The molecular weight excluding hydrogens is 460 g/mol. The predicted molar refractivity (Wildman–Crippen MR) is 124 cm³/mol. The Bertz CT molecular complexity index is 1120. The molecule has 2 heterocycles. The highest BCUT2D eigenvalue weighted by molar-refractivity contribution is 8.18. The second kappa shape index (κ2) is 10.5. The van der Waals surface area contributed by atoms with Crippen molar-refractivity contribution in [3.8, 4) is 5.75 Å². The van der Waals surface area contributed by atoms with Crippen LogP contribution >= 0.6 is 11.8 Å². The molecule has 0 spiro atoms. The minimum absolute atomic E-state index is 0.211. The molecule has 176 valence electrons. The van der Waals surface area contributed by atoms with E-state index in [0.717, 1.165) is 22.2 Å². The van der Waals surface area contributed by atoms with Gasteiger partial charge in [-0.2, -0.15) is 0 Å². The number of morpholine rings is 1. The minimum Gasteiger partial charge on any atom is -0.489 e. The van der Waals surface area contributed by atoms with Gasteiger partial charge in [0, 0.05) is 13.1 Å². The zero-order valence-electron chi connectivity index (χ0n) is 18.1. The van der Waals surface area contributed by atoms with Crippen LogP contribution in [0, 0.1) is 0 Å². The standard InChI is InChI=1S/C24H22N2O7S/c27-21(25-9-11-32-12-10-25)14-26-22(28)20(34-24(26)31)13-16-3-7-19(8-4-16)33-15-17-1-5-18(6-2-17)23(29)30/h1-8,13H,9-12,14-15H2,(H,29,30)/b20-13+. The third-order valence-corrected chi connectivity index (χ3v) is 6.22. The number of carboxylic acid groups (broad SMARTS) is 1. The van der Waals surface area contributed by atoms with E-state index in [4.69, 9.17) is 14.6 Å². The van der Waals surface area contributed by atoms with E-state index in [1.165, 1.54) is 12.1 Å². The van der Waals surface area contributed by atoms with Gasteiger partial charge in [0.05, 0.1) is 23.7 Å². The summed E-state index contributed by atoms with van der Waals surface area (Å²) in [5, 5.41) is 8.48. The average Bonchev–Trinajstić information content (AvgIpc) is 3.11. The maximum absolute atomic E-state index is 12.7. The van der Waals surface area contributed by atoms with Crippen LogP contribution in [0.5, 0.6) is 5.75 Å². The number of aromatic carboxylic acids is 1. The zero-order chi connectivity index (χ0) is 24.1. The molecule has 4 rings (SSSR count). The Morgan fingerprint density at radius 3 is 2.35 bits per heavy atom. The number of carboxylic acids is 1. The first-order valence-electron chi connectivity index (χ1n) is 10.6. The van der Waals surface area contributed by atoms with Crippen molar-refractivity contribution in [1.29, 1.82) is 0 Å². The van der Waals surface area contributed by atoms with Gasteiger partial charge in [-0.25, -0.2) is 4.79 Å². The van der Waals surface area contributed by atoms with Gasteiger partial charge in [-0.1, -0.05) is 24.3 Å². The first kappa shape index (κ1) is 23.5. The molecule has 2 aliphatic rings. The maximum atomic E-state index is 12.7. The van der Waals surface area contributed by atoms with Crippen molar-refractivity contribution in [2.75, 3.05) is 32.8 Å². The second-order valence-corrected chi connectivity index (χ2v) is 8.61. The van der Waals surface area contributed by atoms with Crippen molar-refractivity contribution in [3.05, 3.63) is 70.1 Å². The molecule has 2 aliphatic heterocycles. The number of thioether (sulfide) groups is 1. The molecule has 0 saturated carbocycles. The fourth-order valence-electron chi connectivity index (χ4n) is 3.41. The molecule has 2 aromatic carbocycles.